The third kappa shape index (κ3) is 2.65. The van der Waals surface area contributed by atoms with Crippen LogP contribution in [0.25, 0.3) is 0 Å². The average Bonchev–Trinajstić information content (AvgIpc) is 3.25. The van der Waals surface area contributed by atoms with Gasteiger partial charge >= 0.3 is 0 Å². The van der Waals surface area contributed by atoms with Crippen molar-refractivity contribution in [2.24, 2.45) is 0 Å². The standard InChI is InChI=1S/C25H22N2O3/c28-24-20-7-3-4-8-21(20)26-25(12-11-18-5-1-2-6-19(18)14-25)27(24)15-17-9-10-22-23(13-17)30-16-29-22/h1-10,13,26H,11-12,14-16H2/t25-/m1/s1. The minimum atomic E-state index is -0.448. The Kier molecular flexibility index (Phi) is 3.78. The zero-order valence-corrected chi connectivity index (χ0v) is 16.6. The highest BCUT2D eigenvalue weighted by Gasteiger charge is 2.46. The number of nitrogens with one attached hydrogen (secondary N) is 1. The van der Waals surface area contributed by atoms with E-state index in [2.05, 4.69) is 29.6 Å². The summed E-state index contributed by atoms with van der Waals surface area (Å²) in [6.07, 6.45) is 2.60. The topological polar surface area (TPSA) is 50.8 Å². The SMILES string of the molecule is O=C1c2ccccc2N[C@]2(CCc3ccccc3C2)N1Cc1ccc2c(c1)OCO2. The van der Waals surface area contributed by atoms with Gasteiger partial charge in [-0.15, -0.1) is 0 Å². The maximum Gasteiger partial charge on any atom is 0.258 e. The minimum Gasteiger partial charge on any atom is -0.454 e. The molecule has 0 unspecified atom stereocenters. The van der Waals surface area contributed by atoms with Crippen LogP contribution in [-0.2, 0) is 19.4 Å². The molecule has 1 atom stereocenters. The van der Waals surface area contributed by atoms with Crippen LogP contribution in [0.4, 0.5) is 5.69 Å². The first kappa shape index (κ1) is 17.4. The Balaban J connectivity index is 1.42. The van der Waals surface area contributed by atoms with E-state index in [1.807, 2.05) is 47.4 Å². The van der Waals surface area contributed by atoms with E-state index in [0.717, 1.165) is 47.6 Å². The Morgan fingerprint density at radius 2 is 1.73 bits per heavy atom. The van der Waals surface area contributed by atoms with E-state index in [1.165, 1.54) is 11.1 Å². The molecule has 0 fully saturated rings. The van der Waals surface area contributed by atoms with Crippen molar-refractivity contribution in [2.75, 3.05) is 12.1 Å². The van der Waals surface area contributed by atoms with E-state index < -0.39 is 5.66 Å². The van der Waals surface area contributed by atoms with E-state index in [1.54, 1.807) is 0 Å². The molecule has 3 aliphatic rings. The molecule has 2 heterocycles. The third-order valence-electron chi connectivity index (χ3n) is 6.47. The molecule has 1 spiro atoms. The van der Waals surface area contributed by atoms with Gasteiger partial charge in [0.15, 0.2) is 11.5 Å². The van der Waals surface area contributed by atoms with Crippen LogP contribution in [0.2, 0.25) is 0 Å². The largest absolute Gasteiger partial charge is 0.454 e. The predicted octanol–water partition coefficient (Wildman–Crippen LogP) is 4.37. The summed E-state index contributed by atoms with van der Waals surface area (Å²) in [5.74, 6) is 1.57. The third-order valence-corrected chi connectivity index (χ3v) is 6.47. The van der Waals surface area contributed by atoms with Gasteiger partial charge in [-0.25, -0.2) is 0 Å². The van der Waals surface area contributed by atoms with Crippen molar-refractivity contribution in [1.29, 1.82) is 0 Å². The summed E-state index contributed by atoms with van der Waals surface area (Å²) < 4.78 is 11.0. The molecule has 1 N–H and O–H groups in total. The van der Waals surface area contributed by atoms with E-state index in [0.29, 0.717) is 6.54 Å². The zero-order valence-electron chi connectivity index (χ0n) is 16.6. The number of hydrogen-bond acceptors (Lipinski definition) is 4. The lowest BCUT2D eigenvalue weighted by Crippen LogP contribution is -2.62. The highest BCUT2D eigenvalue weighted by molar-refractivity contribution is 6.02. The number of aryl methyl sites for hydroxylation is 1. The fraction of sp³-hybridized carbons (Fsp3) is 0.240. The van der Waals surface area contributed by atoms with Crippen LogP contribution in [-0.4, -0.2) is 23.3 Å². The molecule has 5 nitrogen and oxygen atoms in total. The highest BCUT2D eigenvalue weighted by atomic mass is 16.7. The van der Waals surface area contributed by atoms with Crippen LogP contribution in [0.5, 0.6) is 11.5 Å². The van der Waals surface area contributed by atoms with E-state index in [-0.39, 0.29) is 12.7 Å². The molecule has 0 aromatic heterocycles. The monoisotopic (exact) mass is 398 g/mol. The lowest BCUT2D eigenvalue weighted by molar-refractivity contribution is 0.0437. The van der Waals surface area contributed by atoms with Crippen molar-refractivity contribution in [3.05, 3.63) is 89.0 Å². The number of nitrogens with zero attached hydrogens (tertiary/aromatic N) is 1. The van der Waals surface area contributed by atoms with Gasteiger partial charge in [0.2, 0.25) is 6.79 Å². The second kappa shape index (κ2) is 6.52. The fourth-order valence-corrected chi connectivity index (χ4v) is 4.94. The molecule has 1 aliphatic carbocycles. The maximum absolute atomic E-state index is 13.7. The summed E-state index contributed by atoms with van der Waals surface area (Å²) in [5.41, 5.74) is 4.91. The van der Waals surface area contributed by atoms with Gasteiger partial charge in [-0.2, -0.15) is 0 Å². The van der Waals surface area contributed by atoms with Gasteiger partial charge in [0.05, 0.1) is 5.56 Å². The molecule has 150 valence electrons. The smallest absolute Gasteiger partial charge is 0.258 e. The summed E-state index contributed by atoms with van der Waals surface area (Å²) in [6, 6.07) is 22.3. The summed E-state index contributed by atoms with van der Waals surface area (Å²) >= 11 is 0. The second-order valence-corrected chi connectivity index (χ2v) is 8.23. The number of carbonyl (C=O) groups is 1. The predicted molar refractivity (Wildman–Crippen MR) is 114 cm³/mol. The van der Waals surface area contributed by atoms with Gasteiger partial charge in [-0.1, -0.05) is 42.5 Å². The highest BCUT2D eigenvalue weighted by Crippen LogP contribution is 2.41. The van der Waals surface area contributed by atoms with Gasteiger partial charge in [0.25, 0.3) is 5.91 Å². The minimum absolute atomic E-state index is 0.0707. The molecule has 3 aromatic rings. The van der Waals surface area contributed by atoms with Crippen molar-refractivity contribution in [3.8, 4) is 11.5 Å². The summed E-state index contributed by atoms with van der Waals surface area (Å²) in [4.78, 5) is 15.7. The normalized spacial score (nSPS) is 21.2. The van der Waals surface area contributed by atoms with Crippen molar-refractivity contribution >= 4 is 11.6 Å². The van der Waals surface area contributed by atoms with Crippen molar-refractivity contribution in [1.82, 2.24) is 4.90 Å². The van der Waals surface area contributed by atoms with Gasteiger partial charge in [-0.3, -0.25) is 4.79 Å². The van der Waals surface area contributed by atoms with Crippen LogP contribution < -0.4 is 14.8 Å². The van der Waals surface area contributed by atoms with Gasteiger partial charge < -0.3 is 19.7 Å². The van der Waals surface area contributed by atoms with Crippen LogP contribution in [0.3, 0.4) is 0 Å². The molecule has 6 rings (SSSR count). The Labute approximate surface area is 175 Å². The van der Waals surface area contributed by atoms with Crippen LogP contribution >= 0.6 is 0 Å². The summed E-state index contributed by atoms with van der Waals surface area (Å²) in [5, 5.41) is 3.76. The number of benzene rings is 3. The Morgan fingerprint density at radius 3 is 2.67 bits per heavy atom. The van der Waals surface area contributed by atoms with Crippen molar-refractivity contribution in [2.45, 2.75) is 31.5 Å². The fourth-order valence-electron chi connectivity index (χ4n) is 4.94. The molecule has 3 aromatic carbocycles. The first-order valence-corrected chi connectivity index (χ1v) is 10.4. The molecule has 0 saturated carbocycles. The number of fused-ring (bicyclic) bond motifs is 3. The number of rotatable bonds is 2. The molecular weight excluding hydrogens is 376 g/mol. The van der Waals surface area contributed by atoms with Crippen LogP contribution in [0.15, 0.2) is 66.7 Å². The first-order valence-electron chi connectivity index (χ1n) is 10.4. The molecule has 2 aliphatic heterocycles. The number of para-hydroxylation sites is 1. The van der Waals surface area contributed by atoms with Crippen molar-refractivity contribution < 1.29 is 14.3 Å². The molecule has 1 amide bonds. The molecule has 0 radical (unpaired) electrons. The Morgan fingerprint density at radius 1 is 0.933 bits per heavy atom. The molecular formula is C25H22N2O3. The number of carbonyl (C=O) groups excluding carboxylic acids is 1. The molecule has 5 heteroatoms. The summed E-state index contributed by atoms with van der Waals surface area (Å²) in [6.45, 7) is 0.760. The molecule has 0 saturated heterocycles. The Bertz CT molecular complexity index is 1160. The molecule has 0 bridgehead atoms. The zero-order chi connectivity index (χ0) is 20.1. The second-order valence-electron chi connectivity index (χ2n) is 8.23. The molecule has 30 heavy (non-hydrogen) atoms. The summed E-state index contributed by atoms with van der Waals surface area (Å²) in [7, 11) is 0. The maximum atomic E-state index is 13.7. The lowest BCUT2D eigenvalue weighted by atomic mass is 9.80. The van der Waals surface area contributed by atoms with Crippen LogP contribution in [0, 0.1) is 0 Å². The van der Waals surface area contributed by atoms with E-state index in [4.69, 9.17) is 9.47 Å². The number of ether oxygens (including phenoxy) is 2. The quantitative estimate of drug-likeness (QED) is 0.697. The van der Waals surface area contributed by atoms with E-state index in [9.17, 15) is 4.79 Å². The first-order chi connectivity index (χ1) is 14.7. The Hall–Kier alpha value is -3.47. The van der Waals surface area contributed by atoms with Gasteiger partial charge in [0.1, 0.15) is 5.66 Å². The number of anilines is 1. The number of hydrogen-bond donors (Lipinski definition) is 1. The van der Waals surface area contributed by atoms with Crippen molar-refractivity contribution in [3.63, 3.8) is 0 Å². The van der Waals surface area contributed by atoms with Gasteiger partial charge in [0, 0.05) is 18.7 Å². The van der Waals surface area contributed by atoms with E-state index >= 15 is 0 Å². The number of amides is 1. The van der Waals surface area contributed by atoms with Gasteiger partial charge in [-0.05, 0) is 53.8 Å². The van der Waals surface area contributed by atoms with Crippen LogP contribution in [0.1, 0.15) is 33.5 Å². The average molecular weight is 398 g/mol. The lowest BCUT2D eigenvalue weighted by Gasteiger charge is -2.51.